The molecule has 1 aromatic carbocycles. The third kappa shape index (κ3) is 4.84. The predicted octanol–water partition coefficient (Wildman–Crippen LogP) is 2.75. The van der Waals surface area contributed by atoms with Crippen LogP contribution in [-0.4, -0.2) is 21.3 Å². The van der Waals surface area contributed by atoms with E-state index in [-0.39, 0.29) is 5.54 Å². The summed E-state index contributed by atoms with van der Waals surface area (Å²) in [5, 5.41) is 7.82. The van der Waals surface area contributed by atoms with Crippen LogP contribution in [0, 0.1) is 13.8 Å². The van der Waals surface area contributed by atoms with Crippen LogP contribution in [0.15, 0.2) is 35.3 Å². The molecule has 0 aliphatic rings. The normalized spacial score (nSPS) is 12.5. The van der Waals surface area contributed by atoms with Crippen molar-refractivity contribution in [3.05, 3.63) is 52.8 Å². The number of aliphatic imine (C=N–C) groups is 1. The second kappa shape index (κ2) is 6.86. The Bertz CT molecular complexity index is 677. The van der Waals surface area contributed by atoms with Gasteiger partial charge in [0.2, 0.25) is 0 Å². The zero-order valence-corrected chi connectivity index (χ0v) is 14.7. The number of nitrogens with two attached hydrogens (primary N) is 1. The predicted molar refractivity (Wildman–Crippen MR) is 95.5 cm³/mol. The number of benzene rings is 1. The maximum absolute atomic E-state index is 5.95. The Hall–Kier alpha value is -2.30. The maximum Gasteiger partial charge on any atom is 0.189 e. The van der Waals surface area contributed by atoms with Crippen molar-refractivity contribution in [1.29, 1.82) is 0 Å². The third-order valence-electron chi connectivity index (χ3n) is 3.62. The van der Waals surface area contributed by atoms with E-state index in [2.05, 4.69) is 55.2 Å². The molecule has 0 aliphatic carbocycles. The van der Waals surface area contributed by atoms with Gasteiger partial charge >= 0.3 is 0 Å². The number of guanidine groups is 1. The third-order valence-corrected chi connectivity index (χ3v) is 3.62. The van der Waals surface area contributed by atoms with Gasteiger partial charge in [0.15, 0.2) is 5.96 Å². The second-order valence-electron chi connectivity index (χ2n) is 6.87. The van der Waals surface area contributed by atoms with E-state index < -0.39 is 0 Å². The van der Waals surface area contributed by atoms with Gasteiger partial charge in [-0.2, -0.15) is 5.10 Å². The van der Waals surface area contributed by atoms with Crippen LogP contribution < -0.4 is 11.1 Å². The lowest BCUT2D eigenvalue weighted by Crippen LogP contribution is -2.45. The average Bonchev–Trinajstić information content (AvgIpc) is 2.71. The van der Waals surface area contributed by atoms with Gasteiger partial charge in [0.25, 0.3) is 0 Å². The molecule has 0 saturated carbocycles. The Morgan fingerprint density at radius 1 is 1.22 bits per heavy atom. The van der Waals surface area contributed by atoms with E-state index in [4.69, 9.17) is 5.73 Å². The molecular weight excluding hydrogens is 286 g/mol. The molecule has 1 heterocycles. The molecule has 0 saturated heterocycles. The molecule has 1 aromatic heterocycles. The Morgan fingerprint density at radius 2 is 1.87 bits per heavy atom. The van der Waals surface area contributed by atoms with Crippen LogP contribution in [0.25, 0.3) is 0 Å². The highest BCUT2D eigenvalue weighted by atomic mass is 15.3. The maximum atomic E-state index is 5.95. The van der Waals surface area contributed by atoms with E-state index in [9.17, 15) is 0 Å². The first-order valence-corrected chi connectivity index (χ1v) is 7.91. The Balaban J connectivity index is 2.13. The number of hydrogen-bond donors (Lipinski definition) is 2. The van der Waals surface area contributed by atoms with E-state index in [1.165, 1.54) is 5.56 Å². The van der Waals surface area contributed by atoms with Gasteiger partial charge < -0.3 is 11.1 Å². The van der Waals surface area contributed by atoms with Crippen molar-refractivity contribution < 1.29 is 0 Å². The molecule has 0 spiro atoms. The smallest absolute Gasteiger partial charge is 0.189 e. The molecule has 0 unspecified atom stereocenters. The van der Waals surface area contributed by atoms with Gasteiger partial charge in [0, 0.05) is 16.8 Å². The summed E-state index contributed by atoms with van der Waals surface area (Å²) < 4.78 is 2.03. The molecule has 0 radical (unpaired) electrons. The van der Waals surface area contributed by atoms with Crippen LogP contribution in [0.1, 0.15) is 43.3 Å². The summed E-state index contributed by atoms with van der Waals surface area (Å²) >= 11 is 0. The first-order chi connectivity index (χ1) is 10.8. The summed E-state index contributed by atoms with van der Waals surface area (Å²) in [4.78, 5) is 4.45. The minimum Gasteiger partial charge on any atom is -0.370 e. The average molecular weight is 313 g/mol. The van der Waals surface area contributed by atoms with Crippen LogP contribution in [0.3, 0.4) is 0 Å². The molecule has 0 fully saturated rings. The quantitative estimate of drug-likeness (QED) is 0.673. The van der Waals surface area contributed by atoms with Gasteiger partial charge in [-0.15, -0.1) is 0 Å². The number of aromatic nitrogens is 2. The van der Waals surface area contributed by atoms with E-state index in [0.29, 0.717) is 12.5 Å². The zero-order chi connectivity index (χ0) is 17.0. The fraction of sp³-hybridized carbons (Fsp3) is 0.444. The second-order valence-corrected chi connectivity index (χ2v) is 6.87. The topological polar surface area (TPSA) is 68.2 Å². The van der Waals surface area contributed by atoms with E-state index in [1.54, 1.807) is 0 Å². The van der Waals surface area contributed by atoms with E-state index in [0.717, 1.165) is 23.5 Å². The molecule has 2 aromatic rings. The monoisotopic (exact) mass is 313 g/mol. The minimum atomic E-state index is -0.0881. The molecule has 0 atom stereocenters. The lowest BCUT2D eigenvalue weighted by Gasteiger charge is -2.21. The molecule has 5 nitrogen and oxygen atoms in total. The fourth-order valence-electron chi connectivity index (χ4n) is 2.46. The summed E-state index contributed by atoms with van der Waals surface area (Å²) in [6.45, 7) is 11.6. The van der Waals surface area contributed by atoms with Gasteiger partial charge in [-0.1, -0.05) is 30.3 Å². The number of rotatable bonds is 4. The van der Waals surface area contributed by atoms with Crippen molar-refractivity contribution >= 4 is 5.96 Å². The molecule has 0 bridgehead atoms. The van der Waals surface area contributed by atoms with E-state index in [1.807, 2.05) is 29.8 Å². The van der Waals surface area contributed by atoms with Gasteiger partial charge in [0.05, 0.1) is 18.8 Å². The summed E-state index contributed by atoms with van der Waals surface area (Å²) in [5.41, 5.74) is 10.4. The fourth-order valence-corrected chi connectivity index (χ4v) is 2.46. The molecule has 2 rings (SSSR count). The van der Waals surface area contributed by atoms with Gasteiger partial charge in [0.1, 0.15) is 0 Å². The van der Waals surface area contributed by atoms with Crippen molar-refractivity contribution in [2.24, 2.45) is 10.7 Å². The largest absolute Gasteiger partial charge is 0.370 e. The Morgan fingerprint density at radius 3 is 2.48 bits per heavy atom. The lowest BCUT2D eigenvalue weighted by atomic mass is 10.1. The highest BCUT2D eigenvalue weighted by molar-refractivity contribution is 5.78. The van der Waals surface area contributed by atoms with Crippen molar-refractivity contribution in [2.45, 2.75) is 53.2 Å². The molecule has 0 aliphatic heterocycles. The highest BCUT2D eigenvalue weighted by Gasteiger charge is 2.13. The molecule has 23 heavy (non-hydrogen) atoms. The molecule has 124 valence electrons. The summed E-state index contributed by atoms with van der Waals surface area (Å²) in [6.07, 6.45) is 0. The lowest BCUT2D eigenvalue weighted by molar-refractivity contribution is 0.508. The van der Waals surface area contributed by atoms with Crippen LogP contribution in [0.5, 0.6) is 0 Å². The molecule has 0 amide bonds. The van der Waals surface area contributed by atoms with E-state index >= 15 is 0 Å². The van der Waals surface area contributed by atoms with Crippen LogP contribution in [0.2, 0.25) is 0 Å². The highest BCUT2D eigenvalue weighted by Crippen LogP contribution is 2.16. The van der Waals surface area contributed by atoms with Crippen molar-refractivity contribution in [1.82, 2.24) is 15.1 Å². The standard InChI is InChI=1S/C18H27N5/c1-13-16(11-20-17(19)21-18(3,4)5)14(2)23(22-13)12-15-9-7-6-8-10-15/h6-10H,11-12H2,1-5H3,(H3,19,20,21). The van der Waals surface area contributed by atoms with Crippen LogP contribution in [-0.2, 0) is 13.1 Å². The molecular formula is C18H27N5. The first-order valence-electron chi connectivity index (χ1n) is 7.91. The molecule has 3 N–H and O–H groups in total. The number of aryl methyl sites for hydroxylation is 1. The van der Waals surface area contributed by atoms with Crippen molar-refractivity contribution in [3.8, 4) is 0 Å². The Kier molecular flexibility index (Phi) is 5.08. The zero-order valence-electron chi connectivity index (χ0n) is 14.7. The first kappa shape index (κ1) is 17.1. The van der Waals surface area contributed by atoms with Gasteiger partial charge in [-0.3, -0.25) is 4.68 Å². The Labute approximate surface area is 138 Å². The van der Waals surface area contributed by atoms with Gasteiger partial charge in [-0.25, -0.2) is 4.99 Å². The number of hydrogen-bond acceptors (Lipinski definition) is 2. The van der Waals surface area contributed by atoms with Gasteiger partial charge in [-0.05, 0) is 40.2 Å². The minimum absolute atomic E-state index is 0.0881. The summed E-state index contributed by atoms with van der Waals surface area (Å²) in [5.74, 6) is 0.465. The summed E-state index contributed by atoms with van der Waals surface area (Å²) in [6, 6.07) is 10.3. The van der Waals surface area contributed by atoms with Crippen LogP contribution in [0.4, 0.5) is 0 Å². The van der Waals surface area contributed by atoms with Crippen LogP contribution >= 0.6 is 0 Å². The van der Waals surface area contributed by atoms with Crippen molar-refractivity contribution in [3.63, 3.8) is 0 Å². The summed E-state index contributed by atoms with van der Waals surface area (Å²) in [7, 11) is 0. The SMILES string of the molecule is Cc1nn(Cc2ccccc2)c(C)c1CN=C(N)NC(C)(C)C. The van der Waals surface area contributed by atoms with Crippen molar-refractivity contribution in [2.75, 3.05) is 0 Å². The molecule has 5 heteroatoms. The number of nitrogens with zero attached hydrogens (tertiary/aromatic N) is 3. The number of nitrogens with one attached hydrogen (secondary N) is 1.